The number of carbonyl (C=O) groups is 5. The fourth-order valence-corrected chi connectivity index (χ4v) is 5.70. The van der Waals surface area contributed by atoms with Gasteiger partial charge < -0.3 is 38.5 Å². The molecule has 0 saturated heterocycles. The number of unbranched alkanes of at least 4 members (excludes halogenated alkanes) is 1. The molecule has 0 unspecified atom stereocenters. The highest BCUT2D eigenvalue weighted by molar-refractivity contribution is 5.97. The van der Waals surface area contributed by atoms with Crippen LogP contribution in [0.15, 0.2) is 82.8 Å². The fraction of sp³-hybridized carbons (Fsp3) is 0.395. The second kappa shape index (κ2) is 18.7. The molecule has 14 nitrogen and oxygen atoms in total. The average Bonchev–Trinajstić information content (AvgIpc) is 3.63. The van der Waals surface area contributed by atoms with Crippen LogP contribution in [0.2, 0.25) is 0 Å². The van der Waals surface area contributed by atoms with E-state index in [2.05, 4.69) is 31.3 Å². The van der Waals surface area contributed by atoms with Crippen molar-refractivity contribution in [3.63, 3.8) is 0 Å². The Morgan fingerprint density at radius 2 is 1.33 bits per heavy atom. The third-order valence-corrected chi connectivity index (χ3v) is 8.68. The van der Waals surface area contributed by atoms with E-state index < -0.39 is 65.3 Å². The van der Waals surface area contributed by atoms with Gasteiger partial charge in [-0.3, -0.25) is 29.0 Å². The maximum Gasteiger partial charge on any atom is 0.243 e. The van der Waals surface area contributed by atoms with Gasteiger partial charge in [0.2, 0.25) is 29.5 Å². The Bertz CT molecular complexity index is 1760. The van der Waals surface area contributed by atoms with Gasteiger partial charge in [-0.25, -0.2) is 4.99 Å². The summed E-state index contributed by atoms with van der Waals surface area (Å²) in [5, 5.41) is 13.0. The highest BCUT2D eigenvalue weighted by atomic mass is 16.2. The number of benzene rings is 3. The van der Waals surface area contributed by atoms with Crippen LogP contribution in [-0.4, -0.2) is 84.4 Å². The van der Waals surface area contributed by atoms with E-state index in [1.165, 1.54) is 20.2 Å². The Labute approximate surface area is 303 Å². The second-order valence-corrected chi connectivity index (χ2v) is 13.6. The molecule has 3 aromatic carbocycles. The summed E-state index contributed by atoms with van der Waals surface area (Å²) in [5.74, 6) is -3.19. The van der Waals surface area contributed by atoms with Gasteiger partial charge >= 0.3 is 0 Å². The lowest BCUT2D eigenvalue weighted by molar-refractivity contribution is -0.135. The quantitative estimate of drug-likeness (QED) is 0.0882. The first-order valence-electron chi connectivity index (χ1n) is 17.4. The van der Waals surface area contributed by atoms with Gasteiger partial charge in [0.05, 0.1) is 11.6 Å². The molecule has 0 saturated carbocycles. The predicted octanol–water partition coefficient (Wildman–Crippen LogP) is 0.787. The summed E-state index contributed by atoms with van der Waals surface area (Å²) in [6.07, 6.45) is 4.62. The molecule has 0 fully saturated rings. The molecule has 52 heavy (non-hydrogen) atoms. The maximum atomic E-state index is 14.3. The molecule has 0 aromatic heterocycles. The van der Waals surface area contributed by atoms with Crippen molar-refractivity contribution < 1.29 is 24.0 Å². The van der Waals surface area contributed by atoms with Gasteiger partial charge in [-0.15, -0.1) is 0 Å². The third-order valence-electron chi connectivity index (χ3n) is 8.68. The standard InChI is InChI=1S/C38H49N9O5/c1-38(2,41)37(52)47-32(21-28-22-42-23-43-28)36(51)46-31(20-25-15-16-26-12-6-7-13-27(26)18-25)35(50)45-30(19-24-10-4-3-5-11-24)34(49)44-29(33(40)48)14-8-9-17-39/h3-7,10-13,15-16,18,22-23,28-32H,8-9,14,17,19-21,39,41H2,1-2H3,(H2,40,48)(H,44,49)(H,45,50)(H,46,51)(H,47,52)/t28-,29+,30+,31+,32+/m1/s1. The molecule has 5 atom stereocenters. The van der Waals surface area contributed by atoms with Crippen LogP contribution in [0, 0.1) is 0 Å². The highest BCUT2D eigenvalue weighted by Crippen LogP contribution is 2.18. The number of amides is 5. The number of hydrogen-bond donors (Lipinski definition) is 7. The first-order valence-corrected chi connectivity index (χ1v) is 17.4. The number of rotatable bonds is 19. The van der Waals surface area contributed by atoms with E-state index in [4.69, 9.17) is 17.2 Å². The number of carbonyl (C=O) groups excluding carboxylic acids is 5. The summed E-state index contributed by atoms with van der Waals surface area (Å²) in [4.78, 5) is 75.5. The van der Waals surface area contributed by atoms with E-state index in [1.54, 1.807) is 6.21 Å². The van der Waals surface area contributed by atoms with Crippen LogP contribution >= 0.6 is 0 Å². The fourth-order valence-electron chi connectivity index (χ4n) is 5.70. The van der Waals surface area contributed by atoms with Crippen molar-refractivity contribution >= 4 is 52.9 Å². The average molecular weight is 712 g/mol. The van der Waals surface area contributed by atoms with E-state index >= 15 is 0 Å². The van der Waals surface area contributed by atoms with Crippen molar-refractivity contribution in [2.75, 3.05) is 6.54 Å². The molecular formula is C38H49N9O5. The minimum Gasteiger partial charge on any atom is -0.368 e. The molecule has 1 aliphatic rings. The zero-order chi connectivity index (χ0) is 37.7. The van der Waals surface area contributed by atoms with Crippen molar-refractivity contribution in [1.82, 2.24) is 21.3 Å². The molecule has 4 rings (SSSR count). The van der Waals surface area contributed by atoms with Gasteiger partial charge in [-0.05, 0) is 61.6 Å². The Kier molecular flexibility index (Phi) is 14.1. The Morgan fingerprint density at radius 1 is 0.731 bits per heavy atom. The number of primary amides is 1. The summed E-state index contributed by atoms with van der Waals surface area (Å²) >= 11 is 0. The molecule has 276 valence electrons. The first-order chi connectivity index (χ1) is 24.8. The second-order valence-electron chi connectivity index (χ2n) is 13.6. The largest absolute Gasteiger partial charge is 0.368 e. The van der Waals surface area contributed by atoms with Crippen LogP contribution in [0.5, 0.6) is 0 Å². The maximum absolute atomic E-state index is 14.3. The number of nitrogens with one attached hydrogen (secondary N) is 4. The monoisotopic (exact) mass is 711 g/mol. The van der Waals surface area contributed by atoms with Gasteiger partial charge in [-0.1, -0.05) is 72.8 Å². The van der Waals surface area contributed by atoms with Crippen molar-refractivity contribution in [3.8, 4) is 0 Å². The summed E-state index contributed by atoms with van der Waals surface area (Å²) in [7, 11) is 0. The van der Waals surface area contributed by atoms with Crippen molar-refractivity contribution in [1.29, 1.82) is 0 Å². The lowest BCUT2D eigenvalue weighted by Gasteiger charge is -2.28. The van der Waals surface area contributed by atoms with Gasteiger partial charge in [0.25, 0.3) is 0 Å². The molecule has 0 bridgehead atoms. The number of nitrogens with two attached hydrogens (primary N) is 3. The van der Waals surface area contributed by atoms with E-state index in [9.17, 15) is 24.0 Å². The highest BCUT2D eigenvalue weighted by Gasteiger charge is 2.34. The normalized spacial score (nSPS) is 16.0. The van der Waals surface area contributed by atoms with Crippen LogP contribution in [-0.2, 0) is 36.8 Å². The lowest BCUT2D eigenvalue weighted by Crippen LogP contribution is -2.60. The Balaban J connectivity index is 1.64. The summed E-state index contributed by atoms with van der Waals surface area (Å²) in [5.41, 5.74) is 17.5. The number of nitrogens with zero attached hydrogens (tertiary/aromatic N) is 2. The molecular weight excluding hydrogens is 662 g/mol. The summed E-state index contributed by atoms with van der Waals surface area (Å²) in [6.45, 7) is 3.45. The van der Waals surface area contributed by atoms with Crippen molar-refractivity contribution in [2.24, 2.45) is 27.2 Å². The smallest absolute Gasteiger partial charge is 0.243 e. The zero-order valence-electron chi connectivity index (χ0n) is 29.6. The summed E-state index contributed by atoms with van der Waals surface area (Å²) in [6, 6.07) is 17.6. The van der Waals surface area contributed by atoms with Crippen LogP contribution < -0.4 is 38.5 Å². The number of fused-ring (bicyclic) bond motifs is 1. The van der Waals surface area contributed by atoms with Crippen LogP contribution in [0.3, 0.4) is 0 Å². The Morgan fingerprint density at radius 3 is 1.92 bits per heavy atom. The van der Waals surface area contributed by atoms with Gasteiger partial charge in [0.15, 0.2) is 0 Å². The molecule has 10 N–H and O–H groups in total. The SMILES string of the molecule is CC(C)(N)C(=O)N[C@@H](C[C@@H]1C=NC=N1)C(=O)N[C@@H](Cc1ccc2ccccc2c1)C(=O)N[C@@H](Cc1ccccc1)C(=O)N[C@@H](CCCCN)C(N)=O. The predicted molar refractivity (Wildman–Crippen MR) is 201 cm³/mol. The van der Waals surface area contributed by atoms with Crippen LogP contribution in [0.1, 0.15) is 50.7 Å². The molecule has 0 radical (unpaired) electrons. The van der Waals surface area contributed by atoms with Gasteiger partial charge in [-0.2, -0.15) is 0 Å². The number of hydrogen-bond acceptors (Lipinski definition) is 9. The van der Waals surface area contributed by atoms with E-state index in [-0.39, 0.29) is 25.7 Å². The molecule has 1 aliphatic heterocycles. The van der Waals surface area contributed by atoms with Gasteiger partial charge in [0.1, 0.15) is 30.5 Å². The summed E-state index contributed by atoms with van der Waals surface area (Å²) < 4.78 is 0. The van der Waals surface area contributed by atoms with E-state index in [0.717, 1.165) is 21.9 Å². The van der Waals surface area contributed by atoms with E-state index in [1.807, 2.05) is 72.8 Å². The molecule has 14 heteroatoms. The van der Waals surface area contributed by atoms with Crippen molar-refractivity contribution in [2.45, 2.75) is 88.1 Å². The van der Waals surface area contributed by atoms with Crippen LogP contribution in [0.25, 0.3) is 10.8 Å². The first kappa shape index (κ1) is 39.3. The van der Waals surface area contributed by atoms with E-state index in [0.29, 0.717) is 19.4 Å². The molecule has 1 heterocycles. The zero-order valence-corrected chi connectivity index (χ0v) is 29.6. The Hall–Kier alpha value is -5.47. The molecule has 0 spiro atoms. The van der Waals surface area contributed by atoms with Gasteiger partial charge in [0, 0.05) is 25.5 Å². The molecule has 5 amide bonds. The minimum absolute atomic E-state index is 0.0527. The molecule has 3 aromatic rings. The van der Waals surface area contributed by atoms with Crippen LogP contribution in [0.4, 0.5) is 0 Å². The third kappa shape index (κ3) is 11.8. The van der Waals surface area contributed by atoms with Crippen molar-refractivity contribution in [3.05, 3.63) is 83.9 Å². The number of aliphatic imine (C=N–C) groups is 2. The topological polar surface area (TPSA) is 236 Å². The lowest BCUT2D eigenvalue weighted by atomic mass is 9.98. The molecule has 0 aliphatic carbocycles. The minimum atomic E-state index is -1.29.